The lowest BCUT2D eigenvalue weighted by molar-refractivity contribution is 0.158. The first kappa shape index (κ1) is 17.6. The van der Waals surface area contributed by atoms with Crippen LogP contribution in [-0.4, -0.2) is 75.9 Å². The molecule has 26 heavy (non-hydrogen) atoms. The van der Waals surface area contributed by atoms with Gasteiger partial charge in [0.1, 0.15) is 5.69 Å². The van der Waals surface area contributed by atoms with E-state index in [-0.39, 0.29) is 0 Å². The summed E-state index contributed by atoms with van der Waals surface area (Å²) in [4.78, 5) is 7.04. The van der Waals surface area contributed by atoms with Crippen molar-refractivity contribution in [2.75, 3.05) is 46.4 Å². The summed E-state index contributed by atoms with van der Waals surface area (Å²) in [5, 5.41) is 12.2. The Kier molecular flexibility index (Phi) is 5.62. The minimum atomic E-state index is 0.449. The topological polar surface area (TPSA) is 73.0 Å². The van der Waals surface area contributed by atoms with Crippen LogP contribution in [0.1, 0.15) is 25.3 Å². The third kappa shape index (κ3) is 3.97. The molecule has 2 aliphatic heterocycles. The molecule has 8 nitrogen and oxygen atoms in total. The summed E-state index contributed by atoms with van der Waals surface area (Å²) < 4.78 is 9.46. The molecule has 1 N–H and O–H groups in total. The maximum atomic E-state index is 5.20. The Morgan fingerprint density at radius 3 is 3.00 bits per heavy atom. The summed E-state index contributed by atoms with van der Waals surface area (Å²) >= 11 is 0. The van der Waals surface area contributed by atoms with Crippen LogP contribution in [0.15, 0.2) is 18.6 Å². The van der Waals surface area contributed by atoms with Crippen molar-refractivity contribution in [2.24, 2.45) is 5.92 Å². The zero-order chi connectivity index (χ0) is 17.8. The van der Waals surface area contributed by atoms with Crippen LogP contribution in [0.25, 0.3) is 11.5 Å². The molecule has 4 heterocycles. The van der Waals surface area contributed by atoms with E-state index in [4.69, 9.17) is 4.74 Å². The van der Waals surface area contributed by atoms with Crippen LogP contribution in [0.2, 0.25) is 0 Å². The number of methoxy groups -OCH3 is 1. The zero-order valence-corrected chi connectivity index (χ0v) is 15.5. The summed E-state index contributed by atoms with van der Waals surface area (Å²) in [6, 6.07) is 0.449. The first-order chi connectivity index (χ1) is 12.8. The highest BCUT2D eigenvalue weighted by Gasteiger charge is 2.24. The largest absolute Gasteiger partial charge is 0.383 e. The van der Waals surface area contributed by atoms with Crippen LogP contribution >= 0.6 is 0 Å². The van der Waals surface area contributed by atoms with Crippen molar-refractivity contribution < 1.29 is 4.74 Å². The second kappa shape index (κ2) is 8.28. The van der Waals surface area contributed by atoms with Crippen molar-refractivity contribution in [1.29, 1.82) is 0 Å². The maximum absolute atomic E-state index is 5.20. The molecule has 4 rings (SSSR count). The SMILES string of the molecule is COCCN1CC[C@@H](Cn2ccnc2-c2cn(C3CCNCC3)nn2)C1. The number of aromatic nitrogens is 5. The maximum Gasteiger partial charge on any atom is 0.162 e. The second-order valence-electron chi connectivity index (χ2n) is 7.42. The Labute approximate surface area is 154 Å². The molecule has 2 saturated heterocycles. The second-order valence-corrected chi connectivity index (χ2v) is 7.42. The fraction of sp³-hybridized carbons (Fsp3) is 0.722. The molecule has 0 aromatic carbocycles. The van der Waals surface area contributed by atoms with Crippen LogP contribution in [0, 0.1) is 5.92 Å². The van der Waals surface area contributed by atoms with Gasteiger partial charge in [0.15, 0.2) is 5.82 Å². The first-order valence-corrected chi connectivity index (χ1v) is 9.69. The molecule has 1 atom stereocenters. The van der Waals surface area contributed by atoms with E-state index < -0.39 is 0 Å². The summed E-state index contributed by atoms with van der Waals surface area (Å²) in [7, 11) is 1.77. The van der Waals surface area contributed by atoms with E-state index in [0.717, 1.165) is 70.2 Å². The van der Waals surface area contributed by atoms with E-state index in [0.29, 0.717) is 12.0 Å². The molecule has 0 saturated carbocycles. The number of nitrogens with one attached hydrogen (secondary N) is 1. The van der Waals surface area contributed by atoms with Crippen molar-refractivity contribution in [3.63, 3.8) is 0 Å². The molecular formula is C18H29N7O. The highest BCUT2D eigenvalue weighted by Crippen LogP contribution is 2.23. The highest BCUT2D eigenvalue weighted by molar-refractivity contribution is 5.47. The molecule has 142 valence electrons. The number of rotatable bonds is 7. The molecule has 0 spiro atoms. The third-order valence-corrected chi connectivity index (χ3v) is 5.57. The minimum absolute atomic E-state index is 0.449. The molecule has 2 aromatic rings. The molecule has 0 radical (unpaired) electrons. The van der Waals surface area contributed by atoms with Crippen LogP contribution < -0.4 is 5.32 Å². The van der Waals surface area contributed by atoms with E-state index in [1.165, 1.54) is 6.42 Å². The van der Waals surface area contributed by atoms with Crippen LogP contribution in [0.4, 0.5) is 0 Å². The standard InChI is InChI=1S/C18H29N7O/c1-26-11-10-23-8-4-15(12-23)13-24-9-7-20-18(24)17-14-25(22-21-17)16-2-5-19-6-3-16/h7,9,14-16,19H,2-6,8,10-13H2,1H3/t15-/m1/s1. The normalized spacial score (nSPS) is 22.3. The number of imidazole rings is 1. The van der Waals surface area contributed by atoms with Gasteiger partial charge in [0, 0.05) is 39.1 Å². The Morgan fingerprint density at radius 1 is 1.27 bits per heavy atom. The zero-order valence-electron chi connectivity index (χ0n) is 15.5. The van der Waals surface area contributed by atoms with Crippen molar-refractivity contribution in [1.82, 2.24) is 34.8 Å². The van der Waals surface area contributed by atoms with Gasteiger partial charge in [0.25, 0.3) is 0 Å². The van der Waals surface area contributed by atoms with Gasteiger partial charge in [-0.25, -0.2) is 9.67 Å². The van der Waals surface area contributed by atoms with Crippen molar-refractivity contribution in [3.8, 4) is 11.5 Å². The minimum Gasteiger partial charge on any atom is -0.383 e. The first-order valence-electron chi connectivity index (χ1n) is 9.69. The van der Waals surface area contributed by atoms with Gasteiger partial charge in [0.2, 0.25) is 0 Å². The number of piperidine rings is 1. The third-order valence-electron chi connectivity index (χ3n) is 5.57. The molecular weight excluding hydrogens is 330 g/mol. The average molecular weight is 359 g/mol. The Balaban J connectivity index is 1.40. The fourth-order valence-electron chi connectivity index (χ4n) is 4.08. The van der Waals surface area contributed by atoms with Gasteiger partial charge < -0.3 is 19.5 Å². The predicted molar refractivity (Wildman–Crippen MR) is 98.8 cm³/mol. The highest BCUT2D eigenvalue weighted by atomic mass is 16.5. The van der Waals surface area contributed by atoms with E-state index >= 15 is 0 Å². The summed E-state index contributed by atoms with van der Waals surface area (Å²) in [6.07, 6.45) is 9.44. The van der Waals surface area contributed by atoms with Crippen LogP contribution in [-0.2, 0) is 11.3 Å². The Morgan fingerprint density at radius 2 is 2.15 bits per heavy atom. The van der Waals surface area contributed by atoms with Crippen molar-refractivity contribution in [3.05, 3.63) is 18.6 Å². The van der Waals surface area contributed by atoms with Gasteiger partial charge in [-0.1, -0.05) is 5.21 Å². The molecule has 8 heteroatoms. The number of nitrogens with zero attached hydrogens (tertiary/aromatic N) is 6. The quantitative estimate of drug-likeness (QED) is 0.796. The van der Waals surface area contributed by atoms with Crippen LogP contribution in [0.3, 0.4) is 0 Å². The summed E-state index contributed by atoms with van der Waals surface area (Å²) in [6.45, 7) is 7.20. The number of hydrogen-bond donors (Lipinski definition) is 1. The van der Waals surface area contributed by atoms with Crippen LogP contribution in [0.5, 0.6) is 0 Å². The van der Waals surface area contributed by atoms with Gasteiger partial charge >= 0.3 is 0 Å². The van der Waals surface area contributed by atoms with Gasteiger partial charge in [-0.2, -0.15) is 0 Å². The molecule has 2 aromatic heterocycles. The monoisotopic (exact) mass is 359 g/mol. The lowest BCUT2D eigenvalue weighted by atomic mass is 10.1. The molecule has 2 fully saturated rings. The Hall–Kier alpha value is -1.77. The smallest absolute Gasteiger partial charge is 0.162 e. The van der Waals surface area contributed by atoms with Gasteiger partial charge in [-0.15, -0.1) is 5.10 Å². The molecule has 2 aliphatic rings. The summed E-state index contributed by atoms with van der Waals surface area (Å²) in [5.74, 6) is 1.58. The Bertz CT molecular complexity index is 691. The molecule has 0 aliphatic carbocycles. The molecule has 0 unspecified atom stereocenters. The number of likely N-dealkylation sites (tertiary alicyclic amines) is 1. The summed E-state index contributed by atoms with van der Waals surface area (Å²) in [5.41, 5.74) is 0.878. The van der Waals surface area contributed by atoms with E-state index in [9.17, 15) is 0 Å². The fourth-order valence-corrected chi connectivity index (χ4v) is 4.08. The van der Waals surface area contributed by atoms with E-state index in [2.05, 4.69) is 42.5 Å². The molecule has 0 amide bonds. The van der Waals surface area contributed by atoms with Gasteiger partial charge in [-0.3, -0.25) is 0 Å². The lowest BCUT2D eigenvalue weighted by Crippen LogP contribution is -2.29. The average Bonchev–Trinajstić information content (AvgIpc) is 3.42. The van der Waals surface area contributed by atoms with Gasteiger partial charge in [0.05, 0.1) is 18.8 Å². The number of hydrogen-bond acceptors (Lipinski definition) is 6. The number of ether oxygens (including phenoxy) is 1. The van der Waals surface area contributed by atoms with Crippen molar-refractivity contribution in [2.45, 2.75) is 31.8 Å². The van der Waals surface area contributed by atoms with E-state index in [1.54, 1.807) is 7.11 Å². The van der Waals surface area contributed by atoms with E-state index in [1.807, 2.05) is 10.9 Å². The van der Waals surface area contributed by atoms with Gasteiger partial charge in [-0.05, 0) is 44.8 Å². The predicted octanol–water partition coefficient (Wildman–Crippen LogP) is 1.03. The van der Waals surface area contributed by atoms with Crippen molar-refractivity contribution >= 4 is 0 Å². The molecule has 0 bridgehead atoms. The lowest BCUT2D eigenvalue weighted by Gasteiger charge is -2.22.